The van der Waals surface area contributed by atoms with Gasteiger partial charge in [-0.05, 0) is 64.1 Å². The van der Waals surface area contributed by atoms with E-state index in [1.165, 1.54) is 18.2 Å². The molecule has 0 aliphatic rings. The minimum atomic E-state index is -0.311. The zero-order valence-corrected chi connectivity index (χ0v) is 15.7. The zero-order chi connectivity index (χ0) is 19.3. The SMILES string of the molecule is CN(C)Cc1cc(C(=O)/C=C/c2ccc(F)cc2)cc(CN(C)C)c1O. The van der Waals surface area contributed by atoms with E-state index >= 15 is 0 Å². The van der Waals surface area contributed by atoms with Crippen LogP contribution in [0.4, 0.5) is 4.39 Å². The highest BCUT2D eigenvalue weighted by Gasteiger charge is 2.14. The number of phenolic OH excluding ortho intramolecular Hbond substituents is 1. The molecule has 5 heteroatoms. The number of carbonyl (C=O) groups is 1. The van der Waals surface area contributed by atoms with Crippen LogP contribution in [0.2, 0.25) is 0 Å². The van der Waals surface area contributed by atoms with Gasteiger partial charge in [-0.3, -0.25) is 4.79 Å². The first kappa shape index (κ1) is 19.8. The van der Waals surface area contributed by atoms with Crippen LogP contribution in [0, 0.1) is 5.82 Å². The van der Waals surface area contributed by atoms with Gasteiger partial charge in [0.15, 0.2) is 5.78 Å². The molecule has 0 saturated carbocycles. The lowest BCUT2D eigenvalue weighted by molar-refractivity contribution is 0.104. The molecule has 4 nitrogen and oxygen atoms in total. The van der Waals surface area contributed by atoms with Crippen LogP contribution in [0.3, 0.4) is 0 Å². The molecule has 2 rings (SSSR count). The molecule has 0 aliphatic carbocycles. The number of hydrogen-bond donors (Lipinski definition) is 1. The van der Waals surface area contributed by atoms with E-state index in [-0.39, 0.29) is 17.3 Å². The van der Waals surface area contributed by atoms with Crippen molar-refractivity contribution in [3.05, 3.63) is 70.5 Å². The number of halogens is 1. The number of phenols is 1. The van der Waals surface area contributed by atoms with Crippen molar-refractivity contribution in [1.82, 2.24) is 9.80 Å². The topological polar surface area (TPSA) is 43.8 Å². The van der Waals surface area contributed by atoms with Crippen molar-refractivity contribution < 1.29 is 14.3 Å². The summed E-state index contributed by atoms with van der Waals surface area (Å²) in [5.74, 6) is -0.241. The molecule has 26 heavy (non-hydrogen) atoms. The second-order valence-corrected chi connectivity index (χ2v) is 6.87. The molecular weight excluding hydrogens is 331 g/mol. The molecule has 0 aliphatic heterocycles. The summed E-state index contributed by atoms with van der Waals surface area (Å²) in [5, 5.41) is 10.5. The first-order valence-corrected chi connectivity index (χ1v) is 8.38. The monoisotopic (exact) mass is 356 g/mol. The van der Waals surface area contributed by atoms with Gasteiger partial charge in [0.05, 0.1) is 0 Å². The third-order valence-electron chi connectivity index (χ3n) is 3.82. The second-order valence-electron chi connectivity index (χ2n) is 6.87. The quantitative estimate of drug-likeness (QED) is 0.609. The lowest BCUT2D eigenvalue weighted by atomic mass is 10.00. The maximum atomic E-state index is 13.0. The molecule has 138 valence electrons. The first-order chi connectivity index (χ1) is 12.3. The van der Waals surface area contributed by atoms with Crippen LogP contribution in [0.25, 0.3) is 6.08 Å². The van der Waals surface area contributed by atoms with Crippen LogP contribution in [-0.4, -0.2) is 48.9 Å². The van der Waals surface area contributed by atoms with E-state index in [0.717, 1.165) is 5.56 Å². The molecule has 0 atom stereocenters. The average Bonchev–Trinajstić information content (AvgIpc) is 2.56. The Hall–Kier alpha value is -2.50. The fourth-order valence-corrected chi connectivity index (χ4v) is 2.67. The van der Waals surface area contributed by atoms with Crippen molar-refractivity contribution in [2.45, 2.75) is 13.1 Å². The third-order valence-corrected chi connectivity index (χ3v) is 3.82. The van der Waals surface area contributed by atoms with Crippen molar-refractivity contribution in [2.24, 2.45) is 0 Å². The fraction of sp³-hybridized carbons (Fsp3) is 0.286. The molecule has 0 spiro atoms. The number of carbonyl (C=O) groups excluding carboxylic acids is 1. The average molecular weight is 356 g/mol. The lowest BCUT2D eigenvalue weighted by Crippen LogP contribution is -2.15. The highest BCUT2D eigenvalue weighted by atomic mass is 19.1. The van der Waals surface area contributed by atoms with E-state index in [0.29, 0.717) is 29.8 Å². The van der Waals surface area contributed by atoms with Crippen LogP contribution in [-0.2, 0) is 13.1 Å². The Balaban J connectivity index is 2.33. The molecule has 2 aromatic carbocycles. The van der Waals surface area contributed by atoms with Crippen molar-refractivity contribution in [1.29, 1.82) is 0 Å². The molecule has 0 saturated heterocycles. The predicted molar refractivity (Wildman–Crippen MR) is 103 cm³/mol. The Labute approximate surface area is 154 Å². The van der Waals surface area contributed by atoms with Crippen molar-refractivity contribution in [3.8, 4) is 5.75 Å². The van der Waals surface area contributed by atoms with E-state index in [2.05, 4.69) is 0 Å². The molecule has 1 N–H and O–H groups in total. The van der Waals surface area contributed by atoms with Gasteiger partial charge < -0.3 is 14.9 Å². The molecule has 2 aromatic rings. The Bertz CT molecular complexity index is 765. The standard InChI is InChI=1S/C21H25FN2O2/c1-23(2)13-17-11-16(12-18(21(17)26)14-24(3)4)20(25)10-7-15-5-8-19(22)9-6-15/h5-12,26H,13-14H2,1-4H3/b10-7+. The van der Waals surface area contributed by atoms with Crippen molar-refractivity contribution in [2.75, 3.05) is 28.2 Å². The fourth-order valence-electron chi connectivity index (χ4n) is 2.67. The molecule has 0 unspecified atom stereocenters. The third kappa shape index (κ3) is 5.51. The van der Waals surface area contributed by atoms with Crippen LogP contribution in [0.15, 0.2) is 42.5 Å². The summed E-state index contributed by atoms with van der Waals surface area (Å²) < 4.78 is 13.0. The normalized spacial score (nSPS) is 11.7. The van der Waals surface area contributed by atoms with E-state index in [1.54, 1.807) is 30.3 Å². The van der Waals surface area contributed by atoms with Gasteiger partial charge in [0.25, 0.3) is 0 Å². The zero-order valence-electron chi connectivity index (χ0n) is 15.7. The Morgan fingerprint density at radius 2 is 1.50 bits per heavy atom. The summed E-state index contributed by atoms with van der Waals surface area (Å²) in [4.78, 5) is 16.5. The summed E-state index contributed by atoms with van der Waals surface area (Å²) in [6.45, 7) is 1.07. The number of benzene rings is 2. The maximum absolute atomic E-state index is 13.0. The second kappa shape index (κ2) is 8.74. The van der Waals surface area contributed by atoms with E-state index in [9.17, 15) is 14.3 Å². The van der Waals surface area contributed by atoms with Gasteiger partial charge in [-0.15, -0.1) is 0 Å². The van der Waals surface area contributed by atoms with Crippen molar-refractivity contribution in [3.63, 3.8) is 0 Å². The number of ketones is 1. The highest BCUT2D eigenvalue weighted by Crippen LogP contribution is 2.27. The van der Waals surface area contributed by atoms with Gasteiger partial charge in [0, 0.05) is 29.8 Å². The Kier molecular flexibility index (Phi) is 6.66. The molecule has 0 amide bonds. The molecular formula is C21H25FN2O2. The van der Waals surface area contributed by atoms with Crippen LogP contribution >= 0.6 is 0 Å². The van der Waals surface area contributed by atoms with Crippen molar-refractivity contribution >= 4 is 11.9 Å². The number of aromatic hydroxyl groups is 1. The van der Waals surface area contributed by atoms with Gasteiger partial charge in [0.2, 0.25) is 0 Å². The van der Waals surface area contributed by atoms with Gasteiger partial charge in [-0.2, -0.15) is 0 Å². The number of rotatable bonds is 7. The predicted octanol–water partition coefficient (Wildman–Crippen LogP) is 3.55. The number of hydrogen-bond acceptors (Lipinski definition) is 4. The van der Waals surface area contributed by atoms with Gasteiger partial charge in [-0.1, -0.05) is 18.2 Å². The van der Waals surface area contributed by atoms with E-state index in [1.807, 2.05) is 38.0 Å². The maximum Gasteiger partial charge on any atom is 0.185 e. The minimum Gasteiger partial charge on any atom is -0.507 e. The van der Waals surface area contributed by atoms with E-state index in [4.69, 9.17) is 0 Å². The molecule has 0 radical (unpaired) electrons. The Morgan fingerprint density at radius 1 is 1.00 bits per heavy atom. The first-order valence-electron chi connectivity index (χ1n) is 8.38. The van der Waals surface area contributed by atoms with Crippen LogP contribution in [0.1, 0.15) is 27.0 Å². The molecule has 0 bridgehead atoms. The molecule has 0 aromatic heterocycles. The van der Waals surface area contributed by atoms with Gasteiger partial charge in [0.1, 0.15) is 11.6 Å². The van der Waals surface area contributed by atoms with Crippen LogP contribution in [0.5, 0.6) is 5.75 Å². The van der Waals surface area contributed by atoms with Gasteiger partial charge in [-0.25, -0.2) is 4.39 Å². The smallest absolute Gasteiger partial charge is 0.185 e. The summed E-state index contributed by atoms with van der Waals surface area (Å²) in [7, 11) is 7.64. The van der Waals surface area contributed by atoms with Crippen LogP contribution < -0.4 is 0 Å². The minimum absolute atomic E-state index is 0.158. The highest BCUT2D eigenvalue weighted by molar-refractivity contribution is 6.07. The number of allylic oxidation sites excluding steroid dienone is 1. The molecule has 0 fully saturated rings. The summed E-state index contributed by atoms with van der Waals surface area (Å²) in [6, 6.07) is 9.40. The largest absolute Gasteiger partial charge is 0.507 e. The summed E-state index contributed by atoms with van der Waals surface area (Å²) >= 11 is 0. The number of nitrogens with zero attached hydrogens (tertiary/aromatic N) is 2. The molecule has 0 heterocycles. The van der Waals surface area contributed by atoms with E-state index < -0.39 is 0 Å². The summed E-state index contributed by atoms with van der Waals surface area (Å²) in [6.07, 6.45) is 3.13. The Morgan fingerprint density at radius 3 is 1.96 bits per heavy atom. The summed E-state index contributed by atoms with van der Waals surface area (Å²) in [5.41, 5.74) is 2.70. The lowest BCUT2D eigenvalue weighted by Gasteiger charge is -2.17. The van der Waals surface area contributed by atoms with Gasteiger partial charge >= 0.3 is 0 Å².